The minimum atomic E-state index is -0.675. The zero-order valence-corrected chi connectivity index (χ0v) is 9.52. The standard InChI is InChI=1S/C11H16O5/c1-4-9(12)16-8(3)11(5-2)6-14-10(13)15-7-11/h4,8H,1,5-7H2,2-3H3. The minimum absolute atomic E-state index is 0.202. The van der Waals surface area contributed by atoms with E-state index in [9.17, 15) is 9.59 Å². The van der Waals surface area contributed by atoms with E-state index in [0.29, 0.717) is 6.42 Å². The lowest BCUT2D eigenvalue weighted by atomic mass is 9.81. The molecule has 1 saturated heterocycles. The van der Waals surface area contributed by atoms with Crippen LogP contribution < -0.4 is 0 Å². The number of rotatable bonds is 4. The Balaban J connectivity index is 2.68. The van der Waals surface area contributed by atoms with Crippen LogP contribution in [-0.4, -0.2) is 31.4 Å². The zero-order valence-electron chi connectivity index (χ0n) is 9.52. The van der Waals surface area contributed by atoms with E-state index in [1.807, 2.05) is 6.92 Å². The Morgan fingerprint density at radius 2 is 2.19 bits per heavy atom. The summed E-state index contributed by atoms with van der Waals surface area (Å²) in [5, 5.41) is 0. The van der Waals surface area contributed by atoms with Crippen molar-refractivity contribution in [2.24, 2.45) is 5.41 Å². The van der Waals surface area contributed by atoms with Crippen LogP contribution in [0.4, 0.5) is 4.79 Å². The predicted octanol–water partition coefficient (Wildman–Crippen LogP) is 1.67. The van der Waals surface area contributed by atoms with Gasteiger partial charge in [0, 0.05) is 6.08 Å². The van der Waals surface area contributed by atoms with Crippen LogP contribution in [0.15, 0.2) is 12.7 Å². The first kappa shape index (κ1) is 12.5. The molecule has 0 N–H and O–H groups in total. The molecule has 0 spiro atoms. The molecule has 1 heterocycles. The summed E-state index contributed by atoms with van der Waals surface area (Å²) in [6, 6.07) is 0. The van der Waals surface area contributed by atoms with Gasteiger partial charge in [0.15, 0.2) is 0 Å². The first-order valence-corrected chi connectivity index (χ1v) is 5.16. The lowest BCUT2D eigenvalue weighted by Crippen LogP contribution is -2.47. The van der Waals surface area contributed by atoms with Crippen molar-refractivity contribution in [2.45, 2.75) is 26.4 Å². The molecule has 16 heavy (non-hydrogen) atoms. The van der Waals surface area contributed by atoms with Crippen molar-refractivity contribution in [3.63, 3.8) is 0 Å². The summed E-state index contributed by atoms with van der Waals surface area (Å²) >= 11 is 0. The predicted molar refractivity (Wildman–Crippen MR) is 55.8 cm³/mol. The van der Waals surface area contributed by atoms with E-state index in [1.165, 1.54) is 0 Å². The third kappa shape index (κ3) is 2.53. The Morgan fingerprint density at radius 3 is 2.62 bits per heavy atom. The van der Waals surface area contributed by atoms with E-state index in [-0.39, 0.29) is 13.2 Å². The van der Waals surface area contributed by atoms with Gasteiger partial charge in [-0.05, 0) is 13.3 Å². The highest BCUT2D eigenvalue weighted by Crippen LogP contribution is 2.32. The van der Waals surface area contributed by atoms with Gasteiger partial charge in [0.1, 0.15) is 19.3 Å². The van der Waals surface area contributed by atoms with Crippen LogP contribution in [-0.2, 0) is 19.0 Å². The van der Waals surface area contributed by atoms with E-state index in [1.54, 1.807) is 6.92 Å². The summed E-state index contributed by atoms with van der Waals surface area (Å²) in [4.78, 5) is 21.9. The summed E-state index contributed by atoms with van der Waals surface area (Å²) in [7, 11) is 0. The van der Waals surface area contributed by atoms with E-state index in [4.69, 9.17) is 14.2 Å². The fourth-order valence-electron chi connectivity index (χ4n) is 1.56. The molecule has 90 valence electrons. The number of carbonyl (C=O) groups is 2. The average Bonchev–Trinajstić information content (AvgIpc) is 2.30. The molecule has 1 aliphatic rings. The number of esters is 1. The van der Waals surface area contributed by atoms with Crippen LogP contribution >= 0.6 is 0 Å². The van der Waals surface area contributed by atoms with Gasteiger partial charge >= 0.3 is 12.1 Å². The molecule has 5 heteroatoms. The van der Waals surface area contributed by atoms with Crippen LogP contribution in [0, 0.1) is 5.41 Å². The average molecular weight is 228 g/mol. The first-order chi connectivity index (χ1) is 7.54. The maximum atomic E-state index is 11.1. The molecule has 0 aromatic rings. The normalized spacial score (nSPS) is 20.2. The van der Waals surface area contributed by atoms with Gasteiger partial charge in [-0.2, -0.15) is 0 Å². The number of ether oxygens (including phenoxy) is 3. The van der Waals surface area contributed by atoms with Gasteiger partial charge in [0.2, 0.25) is 0 Å². The number of carbonyl (C=O) groups excluding carboxylic acids is 2. The fraction of sp³-hybridized carbons (Fsp3) is 0.636. The summed E-state index contributed by atoms with van der Waals surface area (Å²) in [5.74, 6) is -0.489. The van der Waals surface area contributed by atoms with Gasteiger partial charge in [-0.3, -0.25) is 0 Å². The lowest BCUT2D eigenvalue weighted by Gasteiger charge is -2.38. The van der Waals surface area contributed by atoms with E-state index in [2.05, 4.69) is 6.58 Å². The third-order valence-electron chi connectivity index (χ3n) is 2.98. The summed E-state index contributed by atoms with van der Waals surface area (Å²) in [5.41, 5.74) is -0.466. The van der Waals surface area contributed by atoms with Gasteiger partial charge in [-0.25, -0.2) is 9.59 Å². The van der Waals surface area contributed by atoms with Crippen LogP contribution in [0.25, 0.3) is 0 Å². The van der Waals surface area contributed by atoms with Crippen molar-refractivity contribution < 1.29 is 23.8 Å². The van der Waals surface area contributed by atoms with Crippen molar-refractivity contribution in [3.05, 3.63) is 12.7 Å². The molecular weight excluding hydrogens is 212 g/mol. The molecule has 0 amide bonds. The zero-order chi connectivity index (χ0) is 12.2. The Kier molecular flexibility index (Phi) is 3.93. The quantitative estimate of drug-likeness (QED) is 0.541. The Bertz CT molecular complexity index is 287. The van der Waals surface area contributed by atoms with E-state index < -0.39 is 23.6 Å². The smallest absolute Gasteiger partial charge is 0.459 e. The highest BCUT2D eigenvalue weighted by atomic mass is 16.7. The maximum Gasteiger partial charge on any atom is 0.508 e. The molecule has 0 aromatic carbocycles. The Hall–Kier alpha value is -1.52. The lowest BCUT2D eigenvalue weighted by molar-refractivity contribution is -0.161. The highest BCUT2D eigenvalue weighted by Gasteiger charge is 2.43. The topological polar surface area (TPSA) is 61.8 Å². The molecule has 0 radical (unpaired) electrons. The SMILES string of the molecule is C=CC(=O)OC(C)C1(CC)COC(=O)OC1. The Morgan fingerprint density at radius 1 is 1.62 bits per heavy atom. The summed E-state index contributed by atoms with van der Waals surface area (Å²) in [6.45, 7) is 7.42. The van der Waals surface area contributed by atoms with Crippen molar-refractivity contribution in [1.82, 2.24) is 0 Å². The van der Waals surface area contributed by atoms with Crippen LogP contribution in [0.3, 0.4) is 0 Å². The molecule has 0 bridgehead atoms. The summed E-state index contributed by atoms with van der Waals surface area (Å²) < 4.78 is 14.8. The van der Waals surface area contributed by atoms with Crippen LogP contribution in [0.2, 0.25) is 0 Å². The molecule has 1 aliphatic heterocycles. The summed E-state index contributed by atoms with van der Waals surface area (Å²) in [6.07, 6.45) is 0.726. The highest BCUT2D eigenvalue weighted by molar-refractivity contribution is 5.81. The van der Waals surface area contributed by atoms with Crippen molar-refractivity contribution >= 4 is 12.1 Å². The monoisotopic (exact) mass is 228 g/mol. The molecule has 1 fully saturated rings. The largest absolute Gasteiger partial charge is 0.508 e. The second kappa shape index (κ2) is 5.01. The van der Waals surface area contributed by atoms with Crippen LogP contribution in [0.5, 0.6) is 0 Å². The first-order valence-electron chi connectivity index (χ1n) is 5.16. The van der Waals surface area contributed by atoms with Gasteiger partial charge in [-0.15, -0.1) is 0 Å². The molecule has 0 saturated carbocycles. The molecule has 5 nitrogen and oxygen atoms in total. The molecule has 1 unspecified atom stereocenters. The van der Waals surface area contributed by atoms with Gasteiger partial charge in [0.25, 0.3) is 0 Å². The molecular formula is C11H16O5. The van der Waals surface area contributed by atoms with Crippen molar-refractivity contribution in [3.8, 4) is 0 Å². The fourth-order valence-corrected chi connectivity index (χ4v) is 1.56. The van der Waals surface area contributed by atoms with E-state index >= 15 is 0 Å². The van der Waals surface area contributed by atoms with Gasteiger partial charge in [0.05, 0.1) is 5.41 Å². The number of hydrogen-bond acceptors (Lipinski definition) is 5. The van der Waals surface area contributed by atoms with E-state index in [0.717, 1.165) is 6.08 Å². The van der Waals surface area contributed by atoms with Crippen molar-refractivity contribution in [2.75, 3.05) is 13.2 Å². The third-order valence-corrected chi connectivity index (χ3v) is 2.98. The second-order valence-corrected chi connectivity index (χ2v) is 3.83. The van der Waals surface area contributed by atoms with Crippen LogP contribution in [0.1, 0.15) is 20.3 Å². The second-order valence-electron chi connectivity index (χ2n) is 3.83. The van der Waals surface area contributed by atoms with Gasteiger partial charge < -0.3 is 14.2 Å². The van der Waals surface area contributed by atoms with Crippen molar-refractivity contribution in [1.29, 1.82) is 0 Å². The minimum Gasteiger partial charge on any atom is -0.459 e. The maximum absolute atomic E-state index is 11.1. The molecule has 0 aromatic heterocycles. The molecule has 1 atom stereocenters. The van der Waals surface area contributed by atoms with Gasteiger partial charge in [-0.1, -0.05) is 13.5 Å². The number of cyclic esters (lactones) is 2. The Labute approximate surface area is 94.4 Å². The molecule has 1 rings (SSSR count). The number of hydrogen-bond donors (Lipinski definition) is 0. The molecule has 0 aliphatic carbocycles.